The molecule has 0 unspecified atom stereocenters. The fraction of sp³-hybridized carbons (Fsp3) is 0.417. The van der Waals surface area contributed by atoms with Crippen molar-refractivity contribution in [2.45, 2.75) is 31.5 Å². The Morgan fingerprint density at radius 2 is 1.88 bits per heavy atom. The van der Waals surface area contributed by atoms with E-state index in [4.69, 9.17) is 0 Å². The molecule has 3 rings (SSSR count). The van der Waals surface area contributed by atoms with Gasteiger partial charge in [0.2, 0.25) is 5.82 Å². The smallest absolute Gasteiger partial charge is 0.317 e. The monoisotopic (exact) mass is 240 g/mol. The first-order valence-corrected chi connectivity index (χ1v) is 5.61. The van der Waals surface area contributed by atoms with Gasteiger partial charge in [-0.2, -0.15) is 13.2 Å². The van der Waals surface area contributed by atoms with E-state index < -0.39 is 12.0 Å². The van der Waals surface area contributed by atoms with Crippen molar-refractivity contribution in [3.05, 3.63) is 30.1 Å². The lowest BCUT2D eigenvalue weighted by atomic mass is 9.92. The highest BCUT2D eigenvalue weighted by molar-refractivity contribution is 5.76. The molecule has 1 aliphatic rings. The molecule has 0 bridgehead atoms. The third kappa shape index (κ3) is 1.61. The molecule has 0 atom stereocenters. The Labute approximate surface area is 96.1 Å². The molecule has 1 saturated carbocycles. The first-order valence-electron chi connectivity index (χ1n) is 5.61. The van der Waals surface area contributed by atoms with Crippen LogP contribution in [0.5, 0.6) is 0 Å². The second-order valence-electron chi connectivity index (χ2n) is 4.38. The van der Waals surface area contributed by atoms with Crippen molar-refractivity contribution in [2.75, 3.05) is 0 Å². The number of imidazole rings is 1. The van der Waals surface area contributed by atoms with Gasteiger partial charge in [0.15, 0.2) is 0 Å². The highest BCUT2D eigenvalue weighted by Crippen LogP contribution is 2.40. The number of fused-ring (bicyclic) bond motifs is 1. The Balaban J connectivity index is 2.25. The maximum Gasteiger partial charge on any atom is 0.449 e. The maximum absolute atomic E-state index is 12.9. The van der Waals surface area contributed by atoms with Crippen LogP contribution in [0.3, 0.4) is 0 Å². The van der Waals surface area contributed by atoms with Crippen LogP contribution in [0.4, 0.5) is 13.2 Å². The molecule has 2 aromatic rings. The molecule has 90 valence electrons. The van der Waals surface area contributed by atoms with E-state index in [1.807, 2.05) is 0 Å². The van der Waals surface area contributed by atoms with Gasteiger partial charge >= 0.3 is 6.18 Å². The minimum Gasteiger partial charge on any atom is -0.317 e. The van der Waals surface area contributed by atoms with Gasteiger partial charge in [0.05, 0.1) is 11.0 Å². The fourth-order valence-corrected chi connectivity index (χ4v) is 2.26. The molecule has 0 radical (unpaired) electrons. The lowest BCUT2D eigenvalue weighted by molar-refractivity contribution is -0.148. The van der Waals surface area contributed by atoms with Gasteiger partial charge in [-0.25, -0.2) is 4.98 Å². The average Bonchev–Trinajstić information content (AvgIpc) is 2.55. The van der Waals surface area contributed by atoms with Crippen molar-refractivity contribution < 1.29 is 13.2 Å². The molecule has 17 heavy (non-hydrogen) atoms. The molecule has 0 spiro atoms. The summed E-state index contributed by atoms with van der Waals surface area (Å²) in [6.07, 6.45) is -1.77. The fourth-order valence-electron chi connectivity index (χ4n) is 2.26. The van der Waals surface area contributed by atoms with Gasteiger partial charge in [0.25, 0.3) is 0 Å². The lowest BCUT2D eigenvalue weighted by Gasteiger charge is -2.29. The van der Waals surface area contributed by atoms with Gasteiger partial charge in [0, 0.05) is 6.04 Å². The molecule has 1 aliphatic carbocycles. The molecule has 0 amide bonds. The summed E-state index contributed by atoms with van der Waals surface area (Å²) in [5, 5.41) is 0. The van der Waals surface area contributed by atoms with E-state index in [9.17, 15) is 13.2 Å². The van der Waals surface area contributed by atoms with Crippen LogP contribution in [-0.4, -0.2) is 9.55 Å². The van der Waals surface area contributed by atoms with Crippen molar-refractivity contribution in [2.24, 2.45) is 0 Å². The SMILES string of the molecule is FC(F)(F)c1nc2ccccc2n1C1CCC1. The van der Waals surface area contributed by atoms with Crippen molar-refractivity contribution in [1.82, 2.24) is 9.55 Å². The van der Waals surface area contributed by atoms with E-state index in [2.05, 4.69) is 4.98 Å². The Hall–Kier alpha value is -1.52. The van der Waals surface area contributed by atoms with E-state index in [0.717, 1.165) is 19.3 Å². The van der Waals surface area contributed by atoms with Gasteiger partial charge in [0.1, 0.15) is 0 Å². The number of benzene rings is 1. The van der Waals surface area contributed by atoms with Crippen LogP contribution in [0.25, 0.3) is 11.0 Å². The Morgan fingerprint density at radius 3 is 2.47 bits per heavy atom. The average molecular weight is 240 g/mol. The largest absolute Gasteiger partial charge is 0.449 e. The summed E-state index contributed by atoms with van der Waals surface area (Å²) >= 11 is 0. The Bertz CT molecular complexity index is 552. The molecular formula is C12H11F3N2. The van der Waals surface area contributed by atoms with Crippen LogP contribution in [0.1, 0.15) is 31.1 Å². The van der Waals surface area contributed by atoms with Crippen LogP contribution >= 0.6 is 0 Å². The topological polar surface area (TPSA) is 17.8 Å². The predicted molar refractivity (Wildman–Crippen MR) is 57.6 cm³/mol. The molecular weight excluding hydrogens is 229 g/mol. The molecule has 0 N–H and O–H groups in total. The highest BCUT2D eigenvalue weighted by Gasteiger charge is 2.40. The molecule has 1 aromatic heterocycles. The van der Waals surface area contributed by atoms with Crippen LogP contribution in [0.2, 0.25) is 0 Å². The number of rotatable bonds is 1. The third-order valence-electron chi connectivity index (χ3n) is 3.29. The van der Waals surface area contributed by atoms with E-state index in [-0.39, 0.29) is 6.04 Å². The van der Waals surface area contributed by atoms with Gasteiger partial charge in [-0.05, 0) is 31.4 Å². The van der Waals surface area contributed by atoms with E-state index >= 15 is 0 Å². The van der Waals surface area contributed by atoms with E-state index in [1.165, 1.54) is 4.57 Å². The van der Waals surface area contributed by atoms with Crippen LogP contribution < -0.4 is 0 Å². The minimum absolute atomic E-state index is 0.0426. The summed E-state index contributed by atoms with van der Waals surface area (Å²) in [5.74, 6) is -0.761. The van der Waals surface area contributed by atoms with Crippen LogP contribution in [0, 0.1) is 0 Å². The van der Waals surface area contributed by atoms with Crippen molar-refractivity contribution in [1.29, 1.82) is 0 Å². The summed E-state index contributed by atoms with van der Waals surface area (Å²) in [5.41, 5.74) is 1.01. The Morgan fingerprint density at radius 1 is 1.18 bits per heavy atom. The van der Waals surface area contributed by atoms with Gasteiger partial charge in [-0.3, -0.25) is 0 Å². The van der Waals surface area contributed by atoms with Crippen LogP contribution in [0.15, 0.2) is 24.3 Å². The molecule has 1 aromatic carbocycles. The number of hydrogen-bond acceptors (Lipinski definition) is 1. The second kappa shape index (κ2) is 3.48. The molecule has 1 fully saturated rings. The summed E-state index contributed by atoms with van der Waals surface area (Å²) in [6, 6.07) is 6.74. The zero-order chi connectivity index (χ0) is 12.0. The number of aromatic nitrogens is 2. The molecule has 5 heteroatoms. The van der Waals surface area contributed by atoms with Gasteiger partial charge in [-0.15, -0.1) is 0 Å². The normalized spacial score (nSPS) is 17.4. The summed E-state index contributed by atoms with van der Waals surface area (Å²) in [6.45, 7) is 0. The lowest BCUT2D eigenvalue weighted by Crippen LogP contribution is -2.23. The van der Waals surface area contributed by atoms with E-state index in [0.29, 0.717) is 11.0 Å². The standard InChI is InChI=1S/C12H11F3N2/c13-12(14,15)11-16-9-6-1-2-7-10(9)17(11)8-4-3-5-8/h1-2,6-8H,3-5H2. The number of hydrogen-bond donors (Lipinski definition) is 0. The highest BCUT2D eigenvalue weighted by atomic mass is 19.4. The number of nitrogens with zero attached hydrogens (tertiary/aromatic N) is 2. The van der Waals surface area contributed by atoms with Gasteiger partial charge < -0.3 is 4.57 Å². The number of halogens is 3. The number of para-hydroxylation sites is 2. The summed E-state index contributed by atoms with van der Waals surface area (Å²) < 4.78 is 40.1. The van der Waals surface area contributed by atoms with Gasteiger partial charge in [-0.1, -0.05) is 12.1 Å². The zero-order valence-corrected chi connectivity index (χ0v) is 9.04. The quantitative estimate of drug-likeness (QED) is 0.741. The maximum atomic E-state index is 12.9. The Kier molecular flexibility index (Phi) is 2.18. The predicted octanol–water partition coefficient (Wildman–Crippen LogP) is 3.78. The first-order chi connectivity index (χ1) is 8.07. The molecule has 0 saturated heterocycles. The van der Waals surface area contributed by atoms with Crippen molar-refractivity contribution in [3.63, 3.8) is 0 Å². The molecule has 1 heterocycles. The minimum atomic E-state index is -4.38. The van der Waals surface area contributed by atoms with E-state index in [1.54, 1.807) is 24.3 Å². The third-order valence-corrected chi connectivity index (χ3v) is 3.29. The summed E-state index contributed by atoms with van der Waals surface area (Å²) in [7, 11) is 0. The van der Waals surface area contributed by atoms with Crippen LogP contribution in [-0.2, 0) is 6.18 Å². The van der Waals surface area contributed by atoms with Crippen molar-refractivity contribution >= 4 is 11.0 Å². The van der Waals surface area contributed by atoms with Crippen molar-refractivity contribution in [3.8, 4) is 0 Å². The summed E-state index contributed by atoms with van der Waals surface area (Å²) in [4.78, 5) is 3.72. The molecule has 2 nitrogen and oxygen atoms in total. The zero-order valence-electron chi connectivity index (χ0n) is 9.04. The number of alkyl halides is 3. The second-order valence-corrected chi connectivity index (χ2v) is 4.38. The molecule has 0 aliphatic heterocycles. The first kappa shape index (κ1) is 10.6.